The highest BCUT2D eigenvalue weighted by molar-refractivity contribution is 5.94. The lowest BCUT2D eigenvalue weighted by Gasteiger charge is -2.23. The molecule has 0 unspecified atom stereocenters. The Morgan fingerprint density at radius 3 is 1.48 bits per heavy atom. The second kappa shape index (κ2) is 8.20. The minimum Gasteiger partial charge on any atom is -0.324 e. The van der Waals surface area contributed by atoms with Gasteiger partial charge in [0.25, 0.3) is 0 Å². The molecular formula is C19H18F4N2O2. The highest BCUT2D eigenvalue weighted by atomic mass is 19.1. The van der Waals surface area contributed by atoms with Gasteiger partial charge < -0.3 is 10.6 Å². The number of amides is 2. The van der Waals surface area contributed by atoms with Crippen LogP contribution in [0.5, 0.6) is 0 Å². The lowest BCUT2D eigenvalue weighted by molar-refractivity contribution is -0.120. The Morgan fingerprint density at radius 1 is 0.778 bits per heavy atom. The summed E-state index contributed by atoms with van der Waals surface area (Å²) in [7, 11) is 0. The maximum absolute atomic E-state index is 13.6. The number of benzene rings is 2. The lowest BCUT2D eigenvalue weighted by Crippen LogP contribution is -2.27. The van der Waals surface area contributed by atoms with E-state index in [-0.39, 0.29) is 24.2 Å². The van der Waals surface area contributed by atoms with Crippen LogP contribution in [-0.4, -0.2) is 11.8 Å². The summed E-state index contributed by atoms with van der Waals surface area (Å²) in [5.41, 5.74) is -1.17. The van der Waals surface area contributed by atoms with E-state index in [4.69, 9.17) is 0 Å². The van der Waals surface area contributed by atoms with E-state index in [0.29, 0.717) is 12.1 Å². The molecule has 0 atom stereocenters. The maximum atomic E-state index is 13.6. The van der Waals surface area contributed by atoms with Gasteiger partial charge in [0.1, 0.15) is 23.3 Å². The molecule has 0 aliphatic heterocycles. The number of rotatable bonds is 6. The van der Waals surface area contributed by atoms with Gasteiger partial charge in [-0.3, -0.25) is 9.59 Å². The molecule has 2 rings (SSSR count). The van der Waals surface area contributed by atoms with Crippen LogP contribution < -0.4 is 10.6 Å². The molecule has 0 aliphatic rings. The molecule has 27 heavy (non-hydrogen) atoms. The zero-order valence-electron chi connectivity index (χ0n) is 14.7. The Morgan fingerprint density at radius 2 is 1.15 bits per heavy atom. The molecular weight excluding hydrogens is 364 g/mol. The average Bonchev–Trinajstić information content (AvgIpc) is 2.51. The summed E-state index contributed by atoms with van der Waals surface area (Å²) in [5, 5.41) is 4.64. The zero-order chi connectivity index (χ0) is 20.2. The molecule has 0 heterocycles. The van der Waals surface area contributed by atoms with Gasteiger partial charge in [0.05, 0.1) is 11.4 Å². The molecule has 0 fully saturated rings. The van der Waals surface area contributed by atoms with Crippen molar-refractivity contribution in [2.24, 2.45) is 5.41 Å². The Hall–Kier alpha value is -2.90. The van der Waals surface area contributed by atoms with Gasteiger partial charge in [-0.1, -0.05) is 13.8 Å². The molecule has 0 radical (unpaired) electrons. The smallest absolute Gasteiger partial charge is 0.225 e. The monoisotopic (exact) mass is 382 g/mol. The lowest BCUT2D eigenvalue weighted by atomic mass is 9.85. The topological polar surface area (TPSA) is 58.2 Å². The summed E-state index contributed by atoms with van der Waals surface area (Å²) in [6.07, 6.45) is -0.272. The van der Waals surface area contributed by atoms with Gasteiger partial charge in [0.15, 0.2) is 0 Å². The van der Waals surface area contributed by atoms with E-state index in [1.165, 1.54) is 0 Å². The molecule has 2 amide bonds. The molecule has 2 N–H and O–H groups in total. The van der Waals surface area contributed by atoms with Crippen molar-refractivity contribution >= 4 is 23.2 Å². The third-order valence-electron chi connectivity index (χ3n) is 3.69. The molecule has 0 aromatic heterocycles. The molecule has 0 bridgehead atoms. The van der Waals surface area contributed by atoms with E-state index in [1.54, 1.807) is 13.8 Å². The van der Waals surface area contributed by atoms with Crippen molar-refractivity contribution in [3.05, 3.63) is 59.7 Å². The predicted molar refractivity (Wildman–Crippen MR) is 93.0 cm³/mol. The predicted octanol–water partition coefficient (Wildman–Crippen LogP) is 4.63. The van der Waals surface area contributed by atoms with E-state index in [9.17, 15) is 27.2 Å². The van der Waals surface area contributed by atoms with Gasteiger partial charge in [-0.15, -0.1) is 0 Å². The first-order chi connectivity index (χ1) is 12.6. The number of hydrogen-bond acceptors (Lipinski definition) is 2. The van der Waals surface area contributed by atoms with Crippen LogP contribution >= 0.6 is 0 Å². The fourth-order valence-electron chi connectivity index (χ4n) is 2.50. The van der Waals surface area contributed by atoms with Crippen molar-refractivity contribution < 1.29 is 27.2 Å². The van der Waals surface area contributed by atoms with Gasteiger partial charge in [0.2, 0.25) is 11.8 Å². The summed E-state index contributed by atoms with van der Waals surface area (Å²) in [4.78, 5) is 24.2. The molecule has 2 aromatic carbocycles. The second-order valence-electron chi connectivity index (χ2n) is 6.86. The Bertz CT molecular complexity index is 799. The number of hydrogen-bond donors (Lipinski definition) is 2. The summed E-state index contributed by atoms with van der Waals surface area (Å²) in [5.74, 6) is -4.49. The average molecular weight is 382 g/mol. The van der Waals surface area contributed by atoms with Gasteiger partial charge >= 0.3 is 0 Å². The van der Waals surface area contributed by atoms with E-state index in [2.05, 4.69) is 10.6 Å². The quantitative estimate of drug-likeness (QED) is 0.716. The van der Waals surface area contributed by atoms with Crippen LogP contribution in [0.25, 0.3) is 0 Å². The van der Waals surface area contributed by atoms with E-state index < -0.39 is 40.5 Å². The molecule has 2 aromatic rings. The van der Waals surface area contributed by atoms with Gasteiger partial charge in [-0.2, -0.15) is 0 Å². The van der Waals surface area contributed by atoms with Crippen molar-refractivity contribution in [2.75, 3.05) is 10.6 Å². The second-order valence-corrected chi connectivity index (χ2v) is 6.86. The number of carbonyl (C=O) groups is 2. The van der Waals surface area contributed by atoms with E-state index in [0.717, 1.165) is 24.3 Å². The van der Waals surface area contributed by atoms with Crippen LogP contribution in [0.4, 0.5) is 28.9 Å². The molecule has 4 nitrogen and oxygen atoms in total. The van der Waals surface area contributed by atoms with Gasteiger partial charge in [0, 0.05) is 25.0 Å². The largest absolute Gasteiger partial charge is 0.324 e. The SMILES string of the molecule is CC(C)(CC(=O)Nc1ccc(F)cc1F)CC(=O)Nc1ccc(F)cc1F. The van der Waals surface area contributed by atoms with Crippen molar-refractivity contribution in [3.63, 3.8) is 0 Å². The first-order valence-corrected chi connectivity index (χ1v) is 8.05. The van der Waals surface area contributed by atoms with Crippen molar-refractivity contribution in [1.82, 2.24) is 0 Å². The highest BCUT2D eigenvalue weighted by Gasteiger charge is 2.26. The van der Waals surface area contributed by atoms with Crippen molar-refractivity contribution in [1.29, 1.82) is 0 Å². The zero-order valence-corrected chi connectivity index (χ0v) is 14.7. The van der Waals surface area contributed by atoms with Crippen LogP contribution in [0.1, 0.15) is 26.7 Å². The standard InChI is InChI=1S/C19H18F4N2O2/c1-19(2,9-17(26)24-15-5-3-11(20)7-13(15)22)10-18(27)25-16-6-4-12(21)8-14(16)23/h3-8H,9-10H2,1-2H3,(H,24,26)(H,25,27). The van der Waals surface area contributed by atoms with Crippen molar-refractivity contribution in [2.45, 2.75) is 26.7 Å². The number of halogens is 4. The molecule has 144 valence electrons. The molecule has 0 saturated heterocycles. The third-order valence-corrected chi connectivity index (χ3v) is 3.69. The summed E-state index contributed by atoms with van der Waals surface area (Å²) >= 11 is 0. The van der Waals surface area contributed by atoms with E-state index in [1.807, 2.05) is 0 Å². The number of carbonyl (C=O) groups excluding carboxylic acids is 2. The highest BCUT2D eigenvalue weighted by Crippen LogP contribution is 2.27. The summed E-state index contributed by atoms with van der Waals surface area (Å²) < 4.78 is 52.9. The van der Waals surface area contributed by atoms with Crippen LogP contribution in [0.3, 0.4) is 0 Å². The molecule has 0 aliphatic carbocycles. The Kier molecular flexibility index (Phi) is 6.20. The van der Waals surface area contributed by atoms with Crippen LogP contribution in [-0.2, 0) is 9.59 Å². The number of nitrogens with one attached hydrogen (secondary N) is 2. The molecule has 8 heteroatoms. The first-order valence-electron chi connectivity index (χ1n) is 8.05. The Balaban J connectivity index is 1.94. The first kappa shape index (κ1) is 20.4. The van der Waals surface area contributed by atoms with Crippen LogP contribution in [0, 0.1) is 28.7 Å². The third kappa shape index (κ3) is 6.09. The fourth-order valence-corrected chi connectivity index (χ4v) is 2.50. The summed E-state index contributed by atoms with van der Waals surface area (Å²) in [6, 6.07) is 5.50. The van der Waals surface area contributed by atoms with Gasteiger partial charge in [-0.05, 0) is 29.7 Å². The Labute approximate surface area is 153 Å². The van der Waals surface area contributed by atoms with Crippen molar-refractivity contribution in [3.8, 4) is 0 Å². The maximum Gasteiger partial charge on any atom is 0.225 e. The van der Waals surface area contributed by atoms with Crippen LogP contribution in [0.15, 0.2) is 36.4 Å². The van der Waals surface area contributed by atoms with Gasteiger partial charge in [-0.25, -0.2) is 17.6 Å². The minimum atomic E-state index is -0.911. The number of anilines is 2. The molecule has 0 saturated carbocycles. The minimum absolute atomic E-state index is 0.136. The summed E-state index contributed by atoms with van der Waals surface area (Å²) in [6.45, 7) is 3.27. The van der Waals surface area contributed by atoms with Crippen LogP contribution in [0.2, 0.25) is 0 Å². The molecule has 0 spiro atoms. The van der Waals surface area contributed by atoms with E-state index >= 15 is 0 Å². The normalized spacial score (nSPS) is 11.2. The fraction of sp³-hybridized carbons (Fsp3) is 0.263.